The van der Waals surface area contributed by atoms with Crippen molar-refractivity contribution in [3.8, 4) is 11.5 Å². The van der Waals surface area contributed by atoms with Crippen LogP contribution in [0.3, 0.4) is 0 Å². The number of hydrogen-bond donors (Lipinski definition) is 2. The first-order valence-corrected chi connectivity index (χ1v) is 16.5. The van der Waals surface area contributed by atoms with Crippen LogP contribution in [-0.2, 0) is 26.8 Å². The van der Waals surface area contributed by atoms with Crippen LogP contribution in [0.15, 0.2) is 52.3 Å². The van der Waals surface area contributed by atoms with Crippen molar-refractivity contribution in [3.05, 3.63) is 63.8 Å². The molecule has 1 aliphatic heterocycles. The van der Waals surface area contributed by atoms with Crippen LogP contribution >= 0.6 is 23.2 Å². The Bertz CT molecular complexity index is 1730. The number of oxazole rings is 1. The lowest BCUT2D eigenvalue weighted by molar-refractivity contribution is -0.677. The number of hydrogen-bond acceptors (Lipinski definition) is 8. The van der Waals surface area contributed by atoms with Crippen LogP contribution in [0.2, 0.25) is 10.0 Å². The normalized spacial score (nSPS) is 15.0. The van der Waals surface area contributed by atoms with Gasteiger partial charge in [-0.2, -0.15) is 21.4 Å². The van der Waals surface area contributed by atoms with Gasteiger partial charge in [-0.1, -0.05) is 30.1 Å². The molecule has 2 N–H and O–H groups in total. The van der Waals surface area contributed by atoms with Crippen molar-refractivity contribution in [1.82, 2.24) is 0 Å². The molecule has 222 valence electrons. The fraction of sp³-hybridized carbons (Fsp3) is 0.346. The van der Waals surface area contributed by atoms with Crippen LogP contribution < -0.4 is 18.9 Å². The largest absolute Gasteiger partial charge is 0.495 e. The molecule has 2 aromatic carbocycles. The van der Waals surface area contributed by atoms with Crippen molar-refractivity contribution in [2.45, 2.75) is 32.7 Å². The minimum atomic E-state index is -4.16. The molecule has 0 atom stereocenters. The standard InChI is InChI=1S/C26H28Cl2N2O9S2/c1-3-17(12-25-29(8-4-10-40(31,32)33)20-14-18(27)6-7-22(20)38-25)13-26-30(9-5-11-41(34,35)36)21-15-19(28)23(37-2)16-24(21)39-26/h6-7,12-16H,3-5,8-11H2,1-2H3,(H-,31,32,33,34,35,36)/p+1. The van der Waals surface area contributed by atoms with E-state index < -0.39 is 31.7 Å². The predicted octanol–water partition coefficient (Wildman–Crippen LogP) is 5.13. The van der Waals surface area contributed by atoms with E-state index in [2.05, 4.69) is 0 Å². The average Bonchev–Trinajstić information content (AvgIpc) is 3.38. The van der Waals surface area contributed by atoms with E-state index in [4.69, 9.17) is 37.1 Å². The summed E-state index contributed by atoms with van der Waals surface area (Å²) in [5.74, 6) is 0.903. The van der Waals surface area contributed by atoms with Crippen molar-refractivity contribution >= 4 is 66.3 Å². The number of halogens is 2. The van der Waals surface area contributed by atoms with Gasteiger partial charge in [0.25, 0.3) is 25.8 Å². The molecule has 0 spiro atoms. The number of aryl methyl sites for hydroxylation is 1. The number of aromatic nitrogens is 1. The van der Waals surface area contributed by atoms with Crippen LogP contribution in [0.4, 0.5) is 5.69 Å². The van der Waals surface area contributed by atoms with Gasteiger partial charge in [0.1, 0.15) is 5.75 Å². The third kappa shape index (κ3) is 7.93. The molecule has 15 heteroatoms. The molecule has 0 aliphatic carbocycles. The number of benzene rings is 2. The maximum atomic E-state index is 11.3. The summed E-state index contributed by atoms with van der Waals surface area (Å²) in [7, 11) is -6.82. The van der Waals surface area contributed by atoms with Gasteiger partial charge in [-0.05, 0) is 36.6 Å². The molecular formula is C26H29Cl2N2O9S2+. The van der Waals surface area contributed by atoms with Crippen molar-refractivity contribution in [3.63, 3.8) is 0 Å². The van der Waals surface area contributed by atoms with Gasteiger partial charge in [-0.15, -0.1) is 0 Å². The second-order valence-electron chi connectivity index (χ2n) is 9.25. The second-order valence-corrected chi connectivity index (χ2v) is 13.2. The Morgan fingerprint density at radius 3 is 2.44 bits per heavy atom. The van der Waals surface area contributed by atoms with Gasteiger partial charge in [0.2, 0.25) is 11.5 Å². The summed E-state index contributed by atoms with van der Waals surface area (Å²) in [4.78, 5) is 1.78. The van der Waals surface area contributed by atoms with E-state index in [1.54, 1.807) is 52.0 Å². The molecule has 41 heavy (non-hydrogen) atoms. The Hall–Kier alpha value is -2.81. The molecule has 0 fully saturated rings. The molecule has 4 rings (SSSR count). The Balaban J connectivity index is 1.74. The molecule has 0 bridgehead atoms. The summed E-state index contributed by atoms with van der Waals surface area (Å²) >= 11 is 12.6. The molecule has 11 nitrogen and oxygen atoms in total. The second kappa shape index (κ2) is 12.6. The number of anilines is 1. The van der Waals surface area contributed by atoms with Crippen molar-refractivity contribution in [1.29, 1.82) is 0 Å². The molecule has 1 aromatic heterocycles. The molecule has 0 unspecified atom stereocenters. The summed E-state index contributed by atoms with van der Waals surface area (Å²) in [5.41, 5.74) is 2.48. The van der Waals surface area contributed by atoms with Crippen LogP contribution in [-0.4, -0.2) is 51.1 Å². The summed E-state index contributed by atoms with van der Waals surface area (Å²) in [6, 6.07) is 8.39. The van der Waals surface area contributed by atoms with Crippen LogP contribution in [0.1, 0.15) is 32.1 Å². The minimum Gasteiger partial charge on any atom is -0.495 e. The molecule has 0 saturated carbocycles. The lowest BCUT2D eigenvalue weighted by atomic mass is 10.1. The SMILES string of the molecule is CCC(=Cc1oc2cc(OC)c(Cl)cc2[n+]1CCCS(=O)(=O)O)C=C1Oc2ccc(Cl)cc2N1CCCS(=O)(=O)O. The highest BCUT2D eigenvalue weighted by molar-refractivity contribution is 7.86. The molecule has 1 aliphatic rings. The van der Waals surface area contributed by atoms with Gasteiger partial charge in [0.05, 0.1) is 35.4 Å². The Morgan fingerprint density at radius 1 is 1.07 bits per heavy atom. The van der Waals surface area contributed by atoms with Crippen LogP contribution in [0, 0.1) is 0 Å². The van der Waals surface area contributed by atoms with Gasteiger partial charge in [-0.3, -0.25) is 9.11 Å². The Labute approximate surface area is 248 Å². The maximum absolute atomic E-state index is 11.3. The molecule has 0 radical (unpaired) electrons. The molecule has 2 heterocycles. The van der Waals surface area contributed by atoms with Gasteiger partial charge >= 0.3 is 5.89 Å². The fourth-order valence-electron chi connectivity index (χ4n) is 4.38. The number of ether oxygens (including phenoxy) is 2. The topological polar surface area (TPSA) is 147 Å². The van der Waals surface area contributed by atoms with Gasteiger partial charge in [0.15, 0.2) is 12.3 Å². The van der Waals surface area contributed by atoms with E-state index in [1.165, 1.54) is 7.11 Å². The van der Waals surface area contributed by atoms with Crippen molar-refractivity contribution in [2.24, 2.45) is 0 Å². The Morgan fingerprint density at radius 2 is 1.78 bits per heavy atom. The predicted molar refractivity (Wildman–Crippen MR) is 156 cm³/mol. The first kappa shape index (κ1) is 31.1. The third-order valence-corrected chi connectivity index (χ3v) is 8.43. The number of fused-ring (bicyclic) bond motifs is 2. The fourth-order valence-corrected chi connectivity index (χ4v) is 5.77. The van der Waals surface area contributed by atoms with Crippen molar-refractivity contribution in [2.75, 3.05) is 30.1 Å². The zero-order valence-electron chi connectivity index (χ0n) is 22.2. The highest BCUT2D eigenvalue weighted by Crippen LogP contribution is 2.41. The highest BCUT2D eigenvalue weighted by atomic mass is 35.5. The third-order valence-electron chi connectivity index (χ3n) is 6.29. The summed E-state index contributed by atoms with van der Waals surface area (Å²) in [6.07, 6.45) is 4.35. The van der Waals surface area contributed by atoms with Gasteiger partial charge in [-0.25, -0.2) is 0 Å². The highest BCUT2D eigenvalue weighted by Gasteiger charge is 2.28. The van der Waals surface area contributed by atoms with E-state index in [1.807, 2.05) is 6.92 Å². The zero-order chi connectivity index (χ0) is 29.9. The zero-order valence-corrected chi connectivity index (χ0v) is 25.4. The number of methoxy groups -OCH3 is 1. The summed E-state index contributed by atoms with van der Waals surface area (Å²) < 4.78 is 82.9. The first-order valence-electron chi connectivity index (χ1n) is 12.6. The molecule has 0 amide bonds. The Kier molecular flexibility index (Phi) is 9.56. The molecular weight excluding hydrogens is 619 g/mol. The van der Waals surface area contributed by atoms with E-state index in [-0.39, 0.29) is 25.9 Å². The van der Waals surface area contributed by atoms with E-state index in [0.717, 1.165) is 5.57 Å². The van der Waals surface area contributed by atoms with Crippen LogP contribution in [0.5, 0.6) is 11.5 Å². The lowest BCUT2D eigenvalue weighted by Gasteiger charge is -2.18. The minimum absolute atomic E-state index is 0.117. The quantitative estimate of drug-likeness (QED) is 0.200. The van der Waals surface area contributed by atoms with E-state index in [0.29, 0.717) is 56.5 Å². The number of allylic oxidation sites excluding steroid dienone is 2. The first-order chi connectivity index (χ1) is 19.3. The van der Waals surface area contributed by atoms with Gasteiger partial charge < -0.3 is 18.8 Å². The van der Waals surface area contributed by atoms with Gasteiger partial charge in [0, 0.05) is 36.2 Å². The number of rotatable bonds is 12. The lowest BCUT2D eigenvalue weighted by Crippen LogP contribution is -2.36. The average molecular weight is 649 g/mol. The van der Waals surface area contributed by atoms with Crippen LogP contribution in [0.25, 0.3) is 17.2 Å². The van der Waals surface area contributed by atoms with E-state index >= 15 is 0 Å². The monoisotopic (exact) mass is 647 g/mol. The summed E-state index contributed by atoms with van der Waals surface area (Å²) in [5, 5.41) is 0.816. The smallest absolute Gasteiger partial charge is 0.374 e. The maximum Gasteiger partial charge on any atom is 0.374 e. The number of nitrogens with zero attached hydrogens (tertiary/aromatic N) is 2. The van der Waals surface area contributed by atoms with Crippen molar-refractivity contribution < 1.29 is 44.4 Å². The molecule has 3 aromatic rings. The summed E-state index contributed by atoms with van der Waals surface area (Å²) in [6.45, 7) is 2.36. The van der Waals surface area contributed by atoms with E-state index in [9.17, 15) is 25.9 Å². The molecule has 0 saturated heterocycles.